The number of ether oxygens (including phenoxy) is 1. The highest BCUT2D eigenvalue weighted by molar-refractivity contribution is 5.84. The SMILES string of the molecule is CCC(=O)CN1CCOCC1C(=O)NC(C)C. The molecule has 1 atom stereocenters. The number of Topliss-reactive ketones (excluding diaryl/α,β-unsaturated/α-hetero) is 1. The molecular weight excluding hydrogens is 220 g/mol. The Hall–Kier alpha value is -0.940. The quantitative estimate of drug-likeness (QED) is 0.748. The van der Waals surface area contributed by atoms with Crippen LogP contribution in [-0.4, -0.2) is 55.0 Å². The van der Waals surface area contributed by atoms with Gasteiger partial charge < -0.3 is 10.1 Å². The van der Waals surface area contributed by atoms with Crippen molar-refractivity contribution in [1.29, 1.82) is 0 Å². The van der Waals surface area contributed by atoms with E-state index >= 15 is 0 Å². The molecule has 1 N–H and O–H groups in total. The molecule has 5 nitrogen and oxygen atoms in total. The summed E-state index contributed by atoms with van der Waals surface area (Å²) in [4.78, 5) is 25.3. The number of rotatable bonds is 5. The van der Waals surface area contributed by atoms with Crippen LogP contribution < -0.4 is 5.32 Å². The van der Waals surface area contributed by atoms with Gasteiger partial charge in [0.1, 0.15) is 11.8 Å². The van der Waals surface area contributed by atoms with Crippen LogP contribution in [0.5, 0.6) is 0 Å². The fraction of sp³-hybridized carbons (Fsp3) is 0.833. The Kier molecular flexibility index (Phi) is 5.58. The van der Waals surface area contributed by atoms with Crippen LogP contribution in [0.25, 0.3) is 0 Å². The van der Waals surface area contributed by atoms with Gasteiger partial charge in [-0.1, -0.05) is 6.92 Å². The van der Waals surface area contributed by atoms with E-state index in [0.29, 0.717) is 32.7 Å². The molecule has 0 bridgehead atoms. The van der Waals surface area contributed by atoms with E-state index in [9.17, 15) is 9.59 Å². The van der Waals surface area contributed by atoms with Crippen molar-refractivity contribution in [1.82, 2.24) is 10.2 Å². The Labute approximate surface area is 102 Å². The van der Waals surface area contributed by atoms with Crippen LogP contribution in [0, 0.1) is 0 Å². The number of morpholine rings is 1. The molecule has 1 rings (SSSR count). The molecule has 1 aliphatic rings. The predicted molar refractivity (Wildman–Crippen MR) is 64.8 cm³/mol. The van der Waals surface area contributed by atoms with E-state index in [4.69, 9.17) is 4.74 Å². The lowest BCUT2D eigenvalue weighted by Gasteiger charge is -2.34. The Morgan fingerprint density at radius 3 is 2.76 bits per heavy atom. The summed E-state index contributed by atoms with van der Waals surface area (Å²) in [6.07, 6.45) is 0.510. The molecule has 1 heterocycles. The molecule has 1 amide bonds. The molecule has 1 unspecified atom stereocenters. The number of ketones is 1. The minimum Gasteiger partial charge on any atom is -0.378 e. The van der Waals surface area contributed by atoms with Gasteiger partial charge >= 0.3 is 0 Å². The molecule has 0 spiro atoms. The fourth-order valence-electron chi connectivity index (χ4n) is 1.79. The zero-order valence-corrected chi connectivity index (χ0v) is 10.9. The summed E-state index contributed by atoms with van der Waals surface area (Å²) in [6, 6.07) is -0.227. The molecule has 0 aliphatic carbocycles. The molecule has 98 valence electrons. The lowest BCUT2D eigenvalue weighted by atomic mass is 10.1. The largest absolute Gasteiger partial charge is 0.378 e. The Balaban J connectivity index is 2.58. The molecule has 17 heavy (non-hydrogen) atoms. The van der Waals surface area contributed by atoms with Gasteiger partial charge in [0.05, 0.1) is 19.8 Å². The van der Waals surface area contributed by atoms with Crippen molar-refractivity contribution in [2.75, 3.05) is 26.3 Å². The number of carbonyl (C=O) groups is 2. The topological polar surface area (TPSA) is 58.6 Å². The van der Waals surface area contributed by atoms with Crippen molar-refractivity contribution < 1.29 is 14.3 Å². The maximum absolute atomic E-state index is 11.9. The van der Waals surface area contributed by atoms with Gasteiger partial charge in [-0.15, -0.1) is 0 Å². The molecule has 0 saturated carbocycles. The molecule has 1 saturated heterocycles. The third kappa shape index (κ3) is 4.44. The second-order valence-corrected chi connectivity index (χ2v) is 4.62. The summed E-state index contributed by atoms with van der Waals surface area (Å²) in [5.41, 5.74) is 0. The van der Waals surface area contributed by atoms with Gasteiger partial charge in [0.15, 0.2) is 0 Å². The van der Waals surface area contributed by atoms with E-state index < -0.39 is 0 Å². The van der Waals surface area contributed by atoms with Gasteiger partial charge in [-0.25, -0.2) is 0 Å². The van der Waals surface area contributed by atoms with E-state index in [0.717, 1.165) is 0 Å². The number of hydrogen-bond donors (Lipinski definition) is 1. The highest BCUT2D eigenvalue weighted by Gasteiger charge is 2.30. The highest BCUT2D eigenvalue weighted by Crippen LogP contribution is 2.08. The predicted octanol–water partition coefficient (Wildman–Crippen LogP) is 0.191. The van der Waals surface area contributed by atoms with Crippen LogP contribution in [0.3, 0.4) is 0 Å². The zero-order valence-electron chi connectivity index (χ0n) is 10.9. The number of nitrogens with zero attached hydrogens (tertiary/aromatic N) is 1. The summed E-state index contributed by atoms with van der Waals surface area (Å²) < 4.78 is 5.32. The van der Waals surface area contributed by atoms with Gasteiger partial charge in [0.25, 0.3) is 0 Å². The van der Waals surface area contributed by atoms with E-state index in [2.05, 4.69) is 5.32 Å². The van der Waals surface area contributed by atoms with Gasteiger partial charge in [0, 0.05) is 19.0 Å². The lowest BCUT2D eigenvalue weighted by molar-refractivity contribution is -0.135. The molecule has 5 heteroatoms. The van der Waals surface area contributed by atoms with Crippen molar-refractivity contribution in [3.8, 4) is 0 Å². The second-order valence-electron chi connectivity index (χ2n) is 4.62. The smallest absolute Gasteiger partial charge is 0.239 e. The molecule has 1 fully saturated rings. The van der Waals surface area contributed by atoms with Gasteiger partial charge in [0.2, 0.25) is 5.91 Å². The Morgan fingerprint density at radius 1 is 1.47 bits per heavy atom. The van der Waals surface area contributed by atoms with Crippen molar-refractivity contribution in [3.05, 3.63) is 0 Å². The minimum atomic E-state index is -0.332. The highest BCUT2D eigenvalue weighted by atomic mass is 16.5. The van der Waals surface area contributed by atoms with E-state index in [1.807, 2.05) is 25.7 Å². The summed E-state index contributed by atoms with van der Waals surface area (Å²) in [5, 5.41) is 2.86. The average Bonchev–Trinajstić information content (AvgIpc) is 2.28. The first-order valence-corrected chi connectivity index (χ1v) is 6.18. The first kappa shape index (κ1) is 14.1. The summed E-state index contributed by atoms with van der Waals surface area (Å²) in [6.45, 7) is 7.62. The normalized spacial score (nSPS) is 21.5. The summed E-state index contributed by atoms with van der Waals surface area (Å²) in [5.74, 6) is 0.109. The van der Waals surface area contributed by atoms with Crippen LogP contribution in [-0.2, 0) is 14.3 Å². The van der Waals surface area contributed by atoms with E-state index in [1.165, 1.54) is 0 Å². The number of carbonyl (C=O) groups excluding carboxylic acids is 2. The van der Waals surface area contributed by atoms with E-state index in [1.54, 1.807) is 0 Å². The Bertz CT molecular complexity index is 279. The molecule has 0 aromatic rings. The third-order valence-corrected chi connectivity index (χ3v) is 2.75. The molecular formula is C12H22N2O3. The standard InChI is InChI=1S/C12H22N2O3/c1-4-10(15)7-14-5-6-17-8-11(14)12(16)13-9(2)3/h9,11H,4-8H2,1-3H3,(H,13,16). The first-order chi connectivity index (χ1) is 8.04. The van der Waals surface area contributed by atoms with Crippen molar-refractivity contribution >= 4 is 11.7 Å². The van der Waals surface area contributed by atoms with Crippen LogP contribution >= 0.6 is 0 Å². The first-order valence-electron chi connectivity index (χ1n) is 6.18. The maximum Gasteiger partial charge on any atom is 0.239 e. The van der Waals surface area contributed by atoms with Crippen molar-refractivity contribution in [2.24, 2.45) is 0 Å². The van der Waals surface area contributed by atoms with Crippen LogP contribution in [0.1, 0.15) is 27.2 Å². The van der Waals surface area contributed by atoms with Gasteiger partial charge in [-0.05, 0) is 13.8 Å². The van der Waals surface area contributed by atoms with Crippen LogP contribution in [0.15, 0.2) is 0 Å². The van der Waals surface area contributed by atoms with Crippen LogP contribution in [0.4, 0.5) is 0 Å². The number of nitrogens with one attached hydrogen (secondary N) is 1. The number of hydrogen-bond acceptors (Lipinski definition) is 4. The van der Waals surface area contributed by atoms with Gasteiger partial charge in [-0.3, -0.25) is 14.5 Å². The molecule has 1 aliphatic heterocycles. The molecule has 0 aromatic heterocycles. The minimum absolute atomic E-state index is 0.0522. The van der Waals surface area contributed by atoms with Crippen molar-refractivity contribution in [2.45, 2.75) is 39.3 Å². The summed E-state index contributed by atoms with van der Waals surface area (Å²) >= 11 is 0. The number of amides is 1. The monoisotopic (exact) mass is 242 g/mol. The average molecular weight is 242 g/mol. The Morgan fingerprint density at radius 2 is 2.18 bits per heavy atom. The van der Waals surface area contributed by atoms with Gasteiger partial charge in [-0.2, -0.15) is 0 Å². The zero-order chi connectivity index (χ0) is 12.8. The maximum atomic E-state index is 11.9. The van der Waals surface area contributed by atoms with E-state index in [-0.39, 0.29) is 23.8 Å². The summed E-state index contributed by atoms with van der Waals surface area (Å²) in [7, 11) is 0. The molecule has 0 radical (unpaired) electrons. The fourth-order valence-corrected chi connectivity index (χ4v) is 1.79. The second kappa shape index (κ2) is 6.71. The van der Waals surface area contributed by atoms with Crippen molar-refractivity contribution in [3.63, 3.8) is 0 Å². The van der Waals surface area contributed by atoms with Crippen LogP contribution in [0.2, 0.25) is 0 Å². The lowest BCUT2D eigenvalue weighted by Crippen LogP contribution is -2.55. The third-order valence-electron chi connectivity index (χ3n) is 2.75. The molecule has 0 aromatic carbocycles.